The smallest absolute Gasteiger partial charge is 0.230 e. The monoisotopic (exact) mass is 208 g/mol. The van der Waals surface area contributed by atoms with E-state index < -0.39 is 10.0 Å². The van der Waals surface area contributed by atoms with Gasteiger partial charge in [0.05, 0.1) is 12.3 Å². The Hall–Kier alpha value is -0.200. The molecule has 6 heteroatoms. The van der Waals surface area contributed by atoms with Crippen LogP contribution in [0.3, 0.4) is 0 Å². The Bertz CT molecular complexity index is 267. The zero-order chi connectivity index (χ0) is 9.19. The minimum atomic E-state index is -3.19. The van der Waals surface area contributed by atoms with Gasteiger partial charge in [-0.1, -0.05) is 12.2 Å². The molecule has 1 aliphatic heterocycles. The minimum absolute atomic E-state index is 0.0368. The zero-order valence-corrected chi connectivity index (χ0v) is 8.46. The minimum Gasteiger partial charge on any atom is -0.308 e. The SMILES string of the molecule is CS(=O)(=O)NC(=S)[C@@H]1CCCN1. The second-order valence-corrected chi connectivity index (χ2v) is 5.08. The molecule has 1 heterocycles. The number of thiocarbonyl (C=S) groups is 1. The molecule has 1 rings (SSSR count). The van der Waals surface area contributed by atoms with E-state index in [1.54, 1.807) is 0 Å². The summed E-state index contributed by atoms with van der Waals surface area (Å²) in [6.45, 7) is 0.913. The molecule has 0 aromatic rings. The lowest BCUT2D eigenvalue weighted by Crippen LogP contribution is -2.41. The molecule has 0 unspecified atom stereocenters. The van der Waals surface area contributed by atoms with Crippen molar-refractivity contribution < 1.29 is 8.42 Å². The van der Waals surface area contributed by atoms with Crippen LogP contribution in [0.1, 0.15) is 12.8 Å². The summed E-state index contributed by atoms with van der Waals surface area (Å²) in [4.78, 5) is 0.384. The lowest BCUT2D eigenvalue weighted by atomic mass is 10.2. The Labute approximate surface area is 77.8 Å². The standard InChI is InChI=1S/C6H12N2O2S2/c1-12(9,10)8-6(11)5-3-2-4-7-5/h5,7H,2-4H2,1H3,(H,8,11)/t5-/m0/s1. The number of hydrogen-bond acceptors (Lipinski definition) is 4. The normalized spacial score (nSPS) is 23.9. The lowest BCUT2D eigenvalue weighted by molar-refractivity contribution is 0.597. The fraction of sp³-hybridized carbons (Fsp3) is 0.833. The van der Waals surface area contributed by atoms with Gasteiger partial charge in [0.25, 0.3) is 0 Å². The highest BCUT2D eigenvalue weighted by atomic mass is 32.2. The predicted molar refractivity (Wildman–Crippen MR) is 51.6 cm³/mol. The van der Waals surface area contributed by atoms with E-state index in [0.29, 0.717) is 4.99 Å². The topological polar surface area (TPSA) is 58.2 Å². The molecular weight excluding hydrogens is 196 g/mol. The number of sulfonamides is 1. The summed E-state index contributed by atoms with van der Waals surface area (Å²) in [5, 5.41) is 3.11. The Balaban J connectivity index is 2.48. The summed E-state index contributed by atoms with van der Waals surface area (Å²) in [6, 6.07) is 0.0368. The van der Waals surface area contributed by atoms with Crippen molar-refractivity contribution >= 4 is 27.2 Å². The Morgan fingerprint density at radius 3 is 2.75 bits per heavy atom. The summed E-state index contributed by atoms with van der Waals surface area (Å²) in [6.07, 6.45) is 3.08. The molecule has 2 N–H and O–H groups in total. The molecule has 1 aliphatic rings. The van der Waals surface area contributed by atoms with E-state index >= 15 is 0 Å². The van der Waals surface area contributed by atoms with Crippen LogP contribution in [0, 0.1) is 0 Å². The number of hydrogen-bond donors (Lipinski definition) is 2. The molecule has 0 aliphatic carbocycles. The van der Waals surface area contributed by atoms with Gasteiger partial charge in [-0.3, -0.25) is 4.72 Å². The first kappa shape index (κ1) is 9.88. The van der Waals surface area contributed by atoms with Gasteiger partial charge < -0.3 is 5.32 Å². The van der Waals surface area contributed by atoms with Gasteiger partial charge in [-0.2, -0.15) is 0 Å². The van der Waals surface area contributed by atoms with Crippen molar-refractivity contribution in [1.29, 1.82) is 0 Å². The molecule has 12 heavy (non-hydrogen) atoms. The highest BCUT2D eigenvalue weighted by Crippen LogP contribution is 2.05. The Kier molecular flexibility index (Phi) is 3.03. The summed E-state index contributed by atoms with van der Waals surface area (Å²) in [5.74, 6) is 0. The molecule has 0 amide bonds. The van der Waals surface area contributed by atoms with Gasteiger partial charge in [0.15, 0.2) is 0 Å². The van der Waals surface area contributed by atoms with E-state index in [4.69, 9.17) is 12.2 Å². The van der Waals surface area contributed by atoms with E-state index in [2.05, 4.69) is 10.0 Å². The van der Waals surface area contributed by atoms with E-state index in [0.717, 1.165) is 25.6 Å². The molecule has 4 nitrogen and oxygen atoms in total. The van der Waals surface area contributed by atoms with Crippen molar-refractivity contribution in [3.05, 3.63) is 0 Å². The first-order valence-corrected chi connectivity index (χ1v) is 6.04. The van der Waals surface area contributed by atoms with Gasteiger partial charge in [-0.05, 0) is 19.4 Å². The molecule has 0 aromatic carbocycles. The first-order valence-electron chi connectivity index (χ1n) is 3.74. The predicted octanol–water partition coefficient (Wildman–Crippen LogP) is -0.385. The number of rotatable bonds is 2. The van der Waals surface area contributed by atoms with Crippen molar-refractivity contribution in [1.82, 2.24) is 10.0 Å². The molecule has 70 valence electrons. The van der Waals surface area contributed by atoms with Gasteiger partial charge in [0, 0.05) is 0 Å². The lowest BCUT2D eigenvalue weighted by Gasteiger charge is -2.12. The van der Waals surface area contributed by atoms with E-state index in [-0.39, 0.29) is 6.04 Å². The van der Waals surface area contributed by atoms with E-state index in [1.165, 1.54) is 0 Å². The van der Waals surface area contributed by atoms with Gasteiger partial charge in [-0.25, -0.2) is 8.42 Å². The fourth-order valence-electron chi connectivity index (χ4n) is 1.16. The maximum atomic E-state index is 10.8. The molecule has 0 spiro atoms. The van der Waals surface area contributed by atoms with Crippen LogP contribution in [0.25, 0.3) is 0 Å². The summed E-state index contributed by atoms with van der Waals surface area (Å²) in [5.41, 5.74) is 0. The molecule has 1 atom stereocenters. The zero-order valence-electron chi connectivity index (χ0n) is 6.83. The van der Waals surface area contributed by atoms with Crippen molar-refractivity contribution in [2.24, 2.45) is 0 Å². The molecule has 0 aromatic heterocycles. The largest absolute Gasteiger partial charge is 0.308 e. The average molecular weight is 208 g/mol. The summed E-state index contributed by atoms with van der Waals surface area (Å²) < 4.78 is 23.8. The van der Waals surface area contributed by atoms with Crippen LogP contribution in [-0.4, -0.2) is 32.2 Å². The quantitative estimate of drug-likeness (QED) is 0.607. The third kappa shape index (κ3) is 3.04. The van der Waals surface area contributed by atoms with Crippen molar-refractivity contribution in [2.45, 2.75) is 18.9 Å². The third-order valence-corrected chi connectivity index (χ3v) is 2.77. The molecule has 1 fully saturated rings. The maximum absolute atomic E-state index is 10.8. The van der Waals surface area contributed by atoms with Gasteiger partial charge in [0.1, 0.15) is 4.99 Å². The van der Waals surface area contributed by atoms with E-state index in [1.807, 2.05) is 0 Å². The molecular formula is C6H12N2O2S2. The fourth-order valence-corrected chi connectivity index (χ4v) is 2.33. The Morgan fingerprint density at radius 2 is 2.33 bits per heavy atom. The van der Waals surface area contributed by atoms with Crippen LogP contribution < -0.4 is 10.0 Å². The van der Waals surface area contributed by atoms with Gasteiger partial charge in [-0.15, -0.1) is 0 Å². The molecule has 0 radical (unpaired) electrons. The van der Waals surface area contributed by atoms with Gasteiger partial charge in [0.2, 0.25) is 10.0 Å². The van der Waals surface area contributed by atoms with Crippen molar-refractivity contribution in [3.8, 4) is 0 Å². The summed E-state index contributed by atoms with van der Waals surface area (Å²) in [7, 11) is -3.19. The van der Waals surface area contributed by atoms with Crippen LogP contribution in [0.5, 0.6) is 0 Å². The van der Waals surface area contributed by atoms with Crippen molar-refractivity contribution in [2.75, 3.05) is 12.8 Å². The Morgan fingerprint density at radius 1 is 1.67 bits per heavy atom. The van der Waals surface area contributed by atoms with E-state index in [9.17, 15) is 8.42 Å². The molecule has 0 saturated carbocycles. The second-order valence-electron chi connectivity index (χ2n) is 2.89. The second kappa shape index (κ2) is 3.68. The first-order chi connectivity index (χ1) is 5.49. The third-order valence-electron chi connectivity index (χ3n) is 1.66. The molecule has 0 bridgehead atoms. The number of nitrogens with one attached hydrogen (secondary N) is 2. The summed E-state index contributed by atoms with van der Waals surface area (Å²) >= 11 is 4.91. The van der Waals surface area contributed by atoms with Crippen LogP contribution >= 0.6 is 12.2 Å². The highest BCUT2D eigenvalue weighted by molar-refractivity contribution is 7.91. The van der Waals surface area contributed by atoms with Crippen molar-refractivity contribution in [3.63, 3.8) is 0 Å². The van der Waals surface area contributed by atoms with Crippen LogP contribution in [0.4, 0.5) is 0 Å². The average Bonchev–Trinajstić information content (AvgIpc) is 2.32. The molecule has 1 saturated heterocycles. The van der Waals surface area contributed by atoms with Crippen LogP contribution in [-0.2, 0) is 10.0 Å². The van der Waals surface area contributed by atoms with Gasteiger partial charge >= 0.3 is 0 Å². The van der Waals surface area contributed by atoms with Crippen LogP contribution in [0.15, 0.2) is 0 Å². The highest BCUT2D eigenvalue weighted by Gasteiger charge is 2.20. The maximum Gasteiger partial charge on any atom is 0.230 e. The van der Waals surface area contributed by atoms with Crippen LogP contribution in [0.2, 0.25) is 0 Å².